The third-order valence-corrected chi connectivity index (χ3v) is 1.08. The SMILES string of the molecule is Nc1ncnc(C(F)C(F)F)n1. The Kier molecular flexibility index (Phi) is 2.41. The van der Waals surface area contributed by atoms with Crippen LogP contribution in [0.3, 0.4) is 0 Å². The van der Waals surface area contributed by atoms with E-state index in [1.165, 1.54) is 0 Å². The number of nitrogen functional groups attached to an aromatic ring is 1. The van der Waals surface area contributed by atoms with Crippen LogP contribution < -0.4 is 5.73 Å². The van der Waals surface area contributed by atoms with Gasteiger partial charge in [-0.1, -0.05) is 0 Å². The summed E-state index contributed by atoms with van der Waals surface area (Å²) in [7, 11) is 0. The molecule has 66 valence electrons. The predicted molar refractivity (Wildman–Crippen MR) is 34.1 cm³/mol. The molecule has 7 heteroatoms. The van der Waals surface area contributed by atoms with E-state index < -0.39 is 18.4 Å². The van der Waals surface area contributed by atoms with Crippen molar-refractivity contribution in [2.45, 2.75) is 12.6 Å². The summed E-state index contributed by atoms with van der Waals surface area (Å²) in [5.41, 5.74) is 5.02. The first-order valence-corrected chi connectivity index (χ1v) is 2.98. The topological polar surface area (TPSA) is 64.7 Å². The quantitative estimate of drug-likeness (QED) is 0.724. The zero-order chi connectivity index (χ0) is 9.14. The van der Waals surface area contributed by atoms with Gasteiger partial charge in [0.05, 0.1) is 0 Å². The van der Waals surface area contributed by atoms with Crippen LogP contribution in [0.4, 0.5) is 19.1 Å². The fourth-order valence-corrected chi connectivity index (χ4v) is 0.568. The van der Waals surface area contributed by atoms with Crippen molar-refractivity contribution < 1.29 is 13.2 Å². The lowest BCUT2D eigenvalue weighted by Crippen LogP contribution is -2.10. The Hall–Kier alpha value is -1.40. The van der Waals surface area contributed by atoms with E-state index in [1.54, 1.807) is 0 Å². The summed E-state index contributed by atoms with van der Waals surface area (Å²) < 4.78 is 35.9. The van der Waals surface area contributed by atoms with Gasteiger partial charge in [0.2, 0.25) is 12.1 Å². The molecule has 0 spiro atoms. The summed E-state index contributed by atoms with van der Waals surface area (Å²) in [5.74, 6) is -0.916. The molecule has 0 aromatic carbocycles. The van der Waals surface area contributed by atoms with Gasteiger partial charge >= 0.3 is 0 Å². The van der Waals surface area contributed by atoms with Crippen molar-refractivity contribution in [1.29, 1.82) is 0 Å². The standard InChI is InChI=1S/C5H5F3N4/c6-2(3(7)8)4-10-1-11-5(9)12-4/h1-3H,(H2,9,10,11,12). The summed E-state index contributed by atoms with van der Waals surface area (Å²) in [6, 6.07) is 0. The minimum atomic E-state index is -3.15. The van der Waals surface area contributed by atoms with Crippen LogP contribution in [0.1, 0.15) is 12.0 Å². The number of anilines is 1. The van der Waals surface area contributed by atoms with Crippen molar-refractivity contribution in [3.05, 3.63) is 12.2 Å². The third-order valence-electron chi connectivity index (χ3n) is 1.08. The highest BCUT2D eigenvalue weighted by molar-refractivity contribution is 5.13. The van der Waals surface area contributed by atoms with Crippen molar-refractivity contribution in [3.63, 3.8) is 0 Å². The third kappa shape index (κ3) is 1.80. The normalized spacial score (nSPS) is 13.3. The molecule has 0 fully saturated rings. The van der Waals surface area contributed by atoms with Crippen molar-refractivity contribution in [3.8, 4) is 0 Å². The van der Waals surface area contributed by atoms with Gasteiger partial charge in [0, 0.05) is 0 Å². The van der Waals surface area contributed by atoms with E-state index in [0.717, 1.165) is 6.33 Å². The van der Waals surface area contributed by atoms with Gasteiger partial charge in [-0.3, -0.25) is 0 Å². The Labute approximate surface area is 65.7 Å². The smallest absolute Gasteiger partial charge is 0.276 e. The van der Waals surface area contributed by atoms with Crippen LogP contribution in [0, 0.1) is 0 Å². The number of halogens is 3. The number of nitrogens with zero attached hydrogens (tertiary/aromatic N) is 3. The van der Waals surface area contributed by atoms with Crippen molar-refractivity contribution in [1.82, 2.24) is 15.0 Å². The highest BCUT2D eigenvalue weighted by atomic mass is 19.3. The molecule has 0 aliphatic heterocycles. The van der Waals surface area contributed by atoms with E-state index in [2.05, 4.69) is 15.0 Å². The largest absolute Gasteiger partial charge is 0.368 e. The van der Waals surface area contributed by atoms with Gasteiger partial charge < -0.3 is 5.73 Å². The van der Waals surface area contributed by atoms with E-state index in [9.17, 15) is 13.2 Å². The van der Waals surface area contributed by atoms with Crippen LogP contribution in [0.15, 0.2) is 6.33 Å². The number of hydrogen-bond donors (Lipinski definition) is 1. The molecule has 0 saturated heterocycles. The maximum absolute atomic E-state index is 12.5. The fourth-order valence-electron chi connectivity index (χ4n) is 0.568. The Balaban J connectivity index is 2.88. The molecule has 2 N–H and O–H groups in total. The number of rotatable bonds is 2. The van der Waals surface area contributed by atoms with Gasteiger partial charge in [0.25, 0.3) is 6.43 Å². The monoisotopic (exact) mass is 178 g/mol. The maximum atomic E-state index is 12.5. The molecule has 1 atom stereocenters. The molecule has 1 aromatic rings. The lowest BCUT2D eigenvalue weighted by atomic mass is 10.4. The summed E-state index contributed by atoms with van der Waals surface area (Å²) in [5, 5.41) is 0. The summed E-state index contributed by atoms with van der Waals surface area (Å²) >= 11 is 0. The molecule has 1 unspecified atom stereocenters. The van der Waals surface area contributed by atoms with Gasteiger partial charge in [-0.15, -0.1) is 0 Å². The maximum Gasteiger partial charge on any atom is 0.276 e. The highest BCUT2D eigenvalue weighted by Crippen LogP contribution is 2.20. The first-order chi connectivity index (χ1) is 5.61. The van der Waals surface area contributed by atoms with Crippen molar-refractivity contribution in [2.75, 3.05) is 5.73 Å². The van der Waals surface area contributed by atoms with Crippen LogP contribution in [0.2, 0.25) is 0 Å². The molecular formula is C5H5F3N4. The van der Waals surface area contributed by atoms with E-state index >= 15 is 0 Å². The van der Waals surface area contributed by atoms with E-state index in [1.807, 2.05) is 0 Å². The molecule has 0 aliphatic rings. The molecule has 0 aliphatic carbocycles. The molecule has 0 bridgehead atoms. The summed E-state index contributed by atoms with van der Waals surface area (Å²) in [6.45, 7) is 0. The molecule has 0 radical (unpaired) electrons. The van der Waals surface area contributed by atoms with Gasteiger partial charge in [-0.25, -0.2) is 23.1 Å². The number of aromatic nitrogens is 3. The van der Waals surface area contributed by atoms with Crippen LogP contribution >= 0.6 is 0 Å². The van der Waals surface area contributed by atoms with Crippen molar-refractivity contribution in [2.24, 2.45) is 0 Å². The summed E-state index contributed by atoms with van der Waals surface area (Å²) in [6.07, 6.45) is -4.77. The zero-order valence-corrected chi connectivity index (χ0v) is 5.78. The molecule has 1 rings (SSSR count). The Morgan fingerprint density at radius 2 is 1.92 bits per heavy atom. The predicted octanol–water partition coefficient (Wildman–Crippen LogP) is 0.730. The number of nitrogens with two attached hydrogens (primary N) is 1. The van der Waals surface area contributed by atoms with Gasteiger partial charge in [0.15, 0.2) is 5.82 Å². The van der Waals surface area contributed by atoms with E-state index in [0.29, 0.717) is 0 Å². The minimum absolute atomic E-state index is 0.275. The van der Waals surface area contributed by atoms with E-state index in [4.69, 9.17) is 5.73 Å². The second kappa shape index (κ2) is 3.33. The van der Waals surface area contributed by atoms with Crippen LogP contribution in [-0.4, -0.2) is 21.4 Å². The van der Waals surface area contributed by atoms with Gasteiger partial charge in [-0.2, -0.15) is 4.98 Å². The van der Waals surface area contributed by atoms with Crippen LogP contribution in [-0.2, 0) is 0 Å². The summed E-state index contributed by atoms with van der Waals surface area (Å²) in [4.78, 5) is 9.72. The molecule has 0 amide bonds. The fraction of sp³-hybridized carbons (Fsp3) is 0.400. The number of hydrogen-bond acceptors (Lipinski definition) is 4. The first-order valence-electron chi connectivity index (χ1n) is 2.98. The number of alkyl halides is 3. The Bertz CT molecular complexity index is 267. The lowest BCUT2D eigenvalue weighted by Gasteiger charge is -2.03. The van der Waals surface area contributed by atoms with Crippen LogP contribution in [0.5, 0.6) is 0 Å². The highest BCUT2D eigenvalue weighted by Gasteiger charge is 2.24. The Morgan fingerprint density at radius 3 is 2.42 bits per heavy atom. The van der Waals surface area contributed by atoms with Crippen LogP contribution in [0.25, 0.3) is 0 Å². The average Bonchev–Trinajstić information content (AvgIpc) is 2.03. The van der Waals surface area contributed by atoms with Gasteiger partial charge in [0.1, 0.15) is 6.33 Å². The van der Waals surface area contributed by atoms with E-state index in [-0.39, 0.29) is 5.95 Å². The molecule has 12 heavy (non-hydrogen) atoms. The molecule has 1 heterocycles. The van der Waals surface area contributed by atoms with Gasteiger partial charge in [-0.05, 0) is 0 Å². The molecule has 1 aromatic heterocycles. The minimum Gasteiger partial charge on any atom is -0.368 e. The average molecular weight is 178 g/mol. The van der Waals surface area contributed by atoms with Crippen molar-refractivity contribution >= 4 is 5.95 Å². The second-order valence-electron chi connectivity index (χ2n) is 1.94. The molecular weight excluding hydrogens is 173 g/mol. The zero-order valence-electron chi connectivity index (χ0n) is 5.78. The first kappa shape index (κ1) is 8.69. The Morgan fingerprint density at radius 1 is 1.25 bits per heavy atom. The molecule has 4 nitrogen and oxygen atoms in total. The second-order valence-corrected chi connectivity index (χ2v) is 1.94. The lowest BCUT2D eigenvalue weighted by molar-refractivity contribution is 0.0447. The molecule has 0 saturated carbocycles.